The van der Waals surface area contributed by atoms with Crippen molar-refractivity contribution in [3.8, 4) is 6.07 Å². The van der Waals surface area contributed by atoms with Crippen LogP contribution < -0.4 is 0 Å². The van der Waals surface area contributed by atoms with E-state index >= 15 is 0 Å². The van der Waals surface area contributed by atoms with Crippen LogP contribution in [0.5, 0.6) is 0 Å². The van der Waals surface area contributed by atoms with Gasteiger partial charge in [0.15, 0.2) is 0 Å². The van der Waals surface area contributed by atoms with E-state index in [2.05, 4.69) is 29.7 Å². The minimum atomic E-state index is -0.153. The van der Waals surface area contributed by atoms with Crippen LogP contribution in [0.1, 0.15) is 18.0 Å². The zero-order valence-corrected chi connectivity index (χ0v) is 9.75. The van der Waals surface area contributed by atoms with Crippen molar-refractivity contribution in [1.82, 2.24) is 4.90 Å². The molecular weight excluding hydrogens is 212 g/mol. The number of benzene rings is 1. The Bertz CT molecular complexity index is 410. The van der Waals surface area contributed by atoms with Crippen LogP contribution in [0.2, 0.25) is 0 Å². The molecule has 3 nitrogen and oxygen atoms in total. The molecule has 0 saturated carbocycles. The van der Waals surface area contributed by atoms with Gasteiger partial charge in [-0.3, -0.25) is 4.90 Å². The zero-order chi connectivity index (χ0) is 12.1. The molecule has 1 aliphatic rings. The van der Waals surface area contributed by atoms with Crippen LogP contribution in [0, 0.1) is 11.3 Å². The van der Waals surface area contributed by atoms with E-state index in [0.29, 0.717) is 19.8 Å². The third kappa shape index (κ3) is 2.55. The highest BCUT2D eigenvalue weighted by atomic mass is 16.5. The molecule has 0 bridgehead atoms. The van der Waals surface area contributed by atoms with Gasteiger partial charge in [0.2, 0.25) is 0 Å². The van der Waals surface area contributed by atoms with E-state index in [-0.39, 0.29) is 12.1 Å². The monoisotopic (exact) mass is 228 g/mol. The lowest BCUT2D eigenvalue weighted by Crippen LogP contribution is -2.34. The molecule has 0 aliphatic carbocycles. The molecule has 3 heteroatoms. The molecule has 17 heavy (non-hydrogen) atoms. The summed E-state index contributed by atoms with van der Waals surface area (Å²) in [6.07, 6.45) is 2.46. The van der Waals surface area contributed by atoms with E-state index in [1.54, 1.807) is 6.08 Å². The molecule has 1 aromatic carbocycles. The molecule has 0 unspecified atom stereocenters. The fraction of sp³-hybridized carbons (Fsp3) is 0.357. The number of rotatable bonds is 4. The van der Waals surface area contributed by atoms with E-state index in [4.69, 9.17) is 4.74 Å². The summed E-state index contributed by atoms with van der Waals surface area (Å²) in [5.74, 6) is 0. The molecule has 0 aromatic heterocycles. The van der Waals surface area contributed by atoms with Gasteiger partial charge in [-0.05, 0) is 12.0 Å². The summed E-state index contributed by atoms with van der Waals surface area (Å²) in [6.45, 7) is 4.87. The van der Waals surface area contributed by atoms with E-state index in [9.17, 15) is 5.26 Å². The lowest BCUT2D eigenvalue weighted by molar-refractivity contribution is 0.123. The van der Waals surface area contributed by atoms with E-state index in [0.717, 1.165) is 0 Å². The summed E-state index contributed by atoms with van der Waals surface area (Å²) >= 11 is 0. The summed E-state index contributed by atoms with van der Waals surface area (Å²) in [5, 5.41) is 9.19. The van der Waals surface area contributed by atoms with Crippen LogP contribution in [0.4, 0.5) is 0 Å². The van der Waals surface area contributed by atoms with Crippen molar-refractivity contribution >= 4 is 0 Å². The molecule has 1 saturated heterocycles. The number of nitriles is 1. The third-order valence-electron chi connectivity index (χ3n) is 3.04. The Morgan fingerprint density at radius 2 is 2.29 bits per heavy atom. The van der Waals surface area contributed by atoms with E-state index < -0.39 is 0 Å². The predicted octanol–water partition coefficient (Wildman–Crippen LogP) is 2.49. The van der Waals surface area contributed by atoms with Crippen LogP contribution in [-0.2, 0) is 4.74 Å². The Hall–Kier alpha value is -1.63. The second-order valence-electron chi connectivity index (χ2n) is 4.11. The molecule has 2 atom stereocenters. The first-order valence-electron chi connectivity index (χ1n) is 5.75. The van der Waals surface area contributed by atoms with Crippen molar-refractivity contribution in [3.05, 3.63) is 48.6 Å². The fourth-order valence-electron chi connectivity index (χ4n) is 2.15. The molecule has 0 N–H and O–H groups in total. The Labute approximate surface area is 102 Å². The molecule has 88 valence electrons. The quantitative estimate of drug-likeness (QED) is 0.743. The number of hydrogen-bond acceptors (Lipinski definition) is 3. The van der Waals surface area contributed by atoms with Gasteiger partial charge in [-0.15, -0.1) is 6.58 Å². The van der Waals surface area contributed by atoms with Gasteiger partial charge in [0.1, 0.15) is 12.8 Å². The number of nitrogens with zero attached hydrogens (tertiary/aromatic N) is 2. The maximum Gasteiger partial charge on any atom is 0.104 e. The Morgan fingerprint density at radius 3 is 2.94 bits per heavy atom. The summed E-state index contributed by atoms with van der Waals surface area (Å²) in [5.41, 5.74) is 1.20. The second kappa shape index (κ2) is 5.62. The van der Waals surface area contributed by atoms with Crippen molar-refractivity contribution in [2.24, 2.45) is 0 Å². The predicted molar refractivity (Wildman–Crippen MR) is 66.1 cm³/mol. The Balaban J connectivity index is 2.18. The van der Waals surface area contributed by atoms with Crippen LogP contribution in [0.3, 0.4) is 0 Å². The first-order chi connectivity index (χ1) is 8.36. The number of hydrogen-bond donors (Lipinski definition) is 0. The van der Waals surface area contributed by atoms with Crippen molar-refractivity contribution in [2.45, 2.75) is 18.5 Å². The summed E-state index contributed by atoms with van der Waals surface area (Å²) < 4.78 is 5.49. The Morgan fingerprint density at radius 1 is 1.53 bits per heavy atom. The van der Waals surface area contributed by atoms with Gasteiger partial charge in [-0.2, -0.15) is 5.26 Å². The SMILES string of the molecule is C=CC[C@@H](C#N)N1COC[C@H]1c1ccccc1. The molecular formula is C14H16N2O. The van der Waals surface area contributed by atoms with Crippen LogP contribution in [0.15, 0.2) is 43.0 Å². The molecule has 1 heterocycles. The van der Waals surface area contributed by atoms with Crippen molar-refractivity contribution in [3.63, 3.8) is 0 Å². The van der Waals surface area contributed by atoms with Gasteiger partial charge < -0.3 is 4.74 Å². The lowest BCUT2D eigenvalue weighted by Gasteiger charge is -2.26. The minimum Gasteiger partial charge on any atom is -0.364 e. The van der Waals surface area contributed by atoms with Crippen LogP contribution >= 0.6 is 0 Å². The highest BCUT2D eigenvalue weighted by Gasteiger charge is 2.31. The van der Waals surface area contributed by atoms with E-state index in [1.807, 2.05) is 18.2 Å². The smallest absolute Gasteiger partial charge is 0.104 e. The van der Waals surface area contributed by atoms with Gasteiger partial charge in [-0.25, -0.2) is 0 Å². The Kier molecular flexibility index (Phi) is 3.92. The molecule has 1 aromatic rings. The maximum absolute atomic E-state index is 9.19. The summed E-state index contributed by atoms with van der Waals surface area (Å²) in [7, 11) is 0. The molecule has 2 rings (SSSR count). The van der Waals surface area contributed by atoms with Gasteiger partial charge in [0, 0.05) is 0 Å². The second-order valence-corrected chi connectivity index (χ2v) is 4.11. The first-order valence-corrected chi connectivity index (χ1v) is 5.75. The van der Waals surface area contributed by atoms with Crippen LogP contribution in [-0.4, -0.2) is 24.3 Å². The highest BCUT2D eigenvalue weighted by Crippen LogP contribution is 2.28. The largest absolute Gasteiger partial charge is 0.364 e. The summed E-state index contributed by atoms with van der Waals surface area (Å²) in [6, 6.07) is 12.5. The normalized spacial score (nSPS) is 21.9. The fourth-order valence-corrected chi connectivity index (χ4v) is 2.15. The third-order valence-corrected chi connectivity index (χ3v) is 3.04. The van der Waals surface area contributed by atoms with Gasteiger partial charge in [0.25, 0.3) is 0 Å². The van der Waals surface area contributed by atoms with Crippen LogP contribution in [0.25, 0.3) is 0 Å². The standard InChI is InChI=1S/C14H16N2O/c1-2-6-13(9-15)16-11-17-10-14(16)12-7-4-3-5-8-12/h2-5,7-8,13-14H,1,6,10-11H2/t13-,14-/m0/s1. The average Bonchev–Trinajstić information content (AvgIpc) is 2.86. The van der Waals surface area contributed by atoms with Gasteiger partial charge in [0.05, 0.1) is 18.7 Å². The maximum atomic E-state index is 9.19. The molecule has 0 spiro atoms. The van der Waals surface area contributed by atoms with Crippen molar-refractivity contribution < 1.29 is 4.74 Å². The number of ether oxygens (including phenoxy) is 1. The summed E-state index contributed by atoms with van der Waals surface area (Å²) in [4.78, 5) is 2.09. The molecule has 1 aliphatic heterocycles. The minimum absolute atomic E-state index is 0.153. The van der Waals surface area contributed by atoms with Crippen molar-refractivity contribution in [2.75, 3.05) is 13.3 Å². The zero-order valence-electron chi connectivity index (χ0n) is 9.75. The lowest BCUT2D eigenvalue weighted by atomic mass is 10.0. The van der Waals surface area contributed by atoms with Gasteiger partial charge in [-0.1, -0.05) is 36.4 Å². The van der Waals surface area contributed by atoms with E-state index in [1.165, 1.54) is 5.56 Å². The molecule has 0 radical (unpaired) electrons. The topological polar surface area (TPSA) is 36.3 Å². The van der Waals surface area contributed by atoms with Gasteiger partial charge >= 0.3 is 0 Å². The first kappa shape index (κ1) is 11.8. The molecule has 0 amide bonds. The molecule has 1 fully saturated rings. The highest BCUT2D eigenvalue weighted by molar-refractivity contribution is 5.20. The average molecular weight is 228 g/mol. The van der Waals surface area contributed by atoms with Crippen molar-refractivity contribution in [1.29, 1.82) is 5.26 Å².